The van der Waals surface area contributed by atoms with Crippen molar-refractivity contribution in [1.29, 1.82) is 0 Å². The number of imide groups is 1. The Morgan fingerprint density at radius 2 is 1.77 bits per heavy atom. The van der Waals surface area contributed by atoms with E-state index in [1.165, 1.54) is 17.0 Å². The number of amides is 2. The van der Waals surface area contributed by atoms with Crippen LogP contribution in [-0.4, -0.2) is 52.2 Å². The number of nitrogens with zero attached hydrogens (tertiary/aromatic N) is 3. The summed E-state index contributed by atoms with van der Waals surface area (Å²) in [4.78, 5) is 40.8. The van der Waals surface area contributed by atoms with E-state index in [1.807, 2.05) is 0 Å². The van der Waals surface area contributed by atoms with Crippen LogP contribution in [0, 0.1) is 16.0 Å². The smallest absolute Gasteiger partial charge is 0.270 e. The number of hydrogen-bond acceptors (Lipinski definition) is 5. The number of carbonyl (C=O) groups is 2. The summed E-state index contributed by atoms with van der Waals surface area (Å²) in [6.45, 7) is 2.71. The lowest BCUT2D eigenvalue weighted by molar-refractivity contribution is -0.384. The number of carbonyl (C=O) groups excluding carboxylic acids is 2. The maximum atomic E-state index is 13.2. The van der Waals surface area contributed by atoms with E-state index in [2.05, 4.69) is 4.90 Å². The molecule has 4 aliphatic heterocycles. The van der Waals surface area contributed by atoms with Gasteiger partial charge in [-0.05, 0) is 43.3 Å². The number of benzene rings is 2. The Morgan fingerprint density at radius 1 is 1.04 bits per heavy atom. The number of hydrogen-bond donors (Lipinski definition) is 0. The second-order valence-electron chi connectivity index (χ2n) is 7.34. The van der Waals surface area contributed by atoms with Crippen LogP contribution in [0.25, 0.3) is 10.8 Å². The minimum absolute atomic E-state index is 0.124. The quantitative estimate of drug-likeness (QED) is 0.471. The van der Waals surface area contributed by atoms with E-state index in [1.54, 1.807) is 18.2 Å². The molecule has 0 unspecified atom stereocenters. The van der Waals surface area contributed by atoms with Gasteiger partial charge in [0.15, 0.2) is 0 Å². The zero-order chi connectivity index (χ0) is 18.0. The highest BCUT2D eigenvalue weighted by Crippen LogP contribution is 2.38. The molecule has 0 radical (unpaired) electrons. The van der Waals surface area contributed by atoms with Crippen LogP contribution in [0.4, 0.5) is 5.69 Å². The molecular formula is C19H17N3O4. The van der Waals surface area contributed by atoms with Crippen LogP contribution in [0.1, 0.15) is 33.6 Å². The van der Waals surface area contributed by atoms with Gasteiger partial charge < -0.3 is 4.90 Å². The topological polar surface area (TPSA) is 83.8 Å². The summed E-state index contributed by atoms with van der Waals surface area (Å²) in [7, 11) is 0. The number of non-ortho nitro benzene ring substituents is 1. The van der Waals surface area contributed by atoms with E-state index in [0.717, 1.165) is 25.9 Å². The van der Waals surface area contributed by atoms with Gasteiger partial charge >= 0.3 is 0 Å². The molecule has 3 fully saturated rings. The third kappa shape index (κ3) is 2.03. The fourth-order valence-corrected chi connectivity index (χ4v) is 4.74. The van der Waals surface area contributed by atoms with Crippen LogP contribution < -0.4 is 0 Å². The van der Waals surface area contributed by atoms with E-state index >= 15 is 0 Å². The molecule has 26 heavy (non-hydrogen) atoms. The monoisotopic (exact) mass is 351 g/mol. The van der Waals surface area contributed by atoms with E-state index in [4.69, 9.17) is 0 Å². The van der Waals surface area contributed by atoms with Gasteiger partial charge in [-0.15, -0.1) is 0 Å². The Kier molecular flexibility index (Phi) is 3.18. The molecule has 132 valence electrons. The zero-order valence-corrected chi connectivity index (χ0v) is 14.1. The summed E-state index contributed by atoms with van der Waals surface area (Å²) in [6, 6.07) is 7.72. The normalized spacial score (nSPS) is 27.2. The van der Waals surface area contributed by atoms with Crippen molar-refractivity contribution in [1.82, 2.24) is 9.80 Å². The van der Waals surface area contributed by atoms with Crippen LogP contribution in [0.3, 0.4) is 0 Å². The summed E-state index contributed by atoms with van der Waals surface area (Å²) in [5, 5.41) is 12.4. The highest BCUT2D eigenvalue weighted by atomic mass is 16.6. The Morgan fingerprint density at radius 3 is 2.42 bits per heavy atom. The Balaban J connectivity index is 1.68. The van der Waals surface area contributed by atoms with Gasteiger partial charge in [0.1, 0.15) is 0 Å². The first kappa shape index (κ1) is 15.5. The summed E-state index contributed by atoms with van der Waals surface area (Å²) in [5.41, 5.74) is 0.602. The van der Waals surface area contributed by atoms with E-state index in [-0.39, 0.29) is 23.2 Å². The Hall–Kier alpha value is -2.80. The molecule has 0 saturated carbocycles. The highest BCUT2D eigenvalue weighted by molar-refractivity contribution is 6.26. The molecule has 2 bridgehead atoms. The number of rotatable bonds is 2. The molecule has 2 aromatic rings. The molecule has 7 nitrogen and oxygen atoms in total. The molecule has 1 atom stereocenters. The molecule has 4 heterocycles. The third-order valence-corrected chi connectivity index (χ3v) is 6.02. The molecule has 2 amide bonds. The molecule has 7 heteroatoms. The summed E-state index contributed by atoms with van der Waals surface area (Å²) in [5.74, 6) is -0.366. The largest absolute Gasteiger partial charge is 0.301 e. The third-order valence-electron chi connectivity index (χ3n) is 6.02. The first-order valence-corrected chi connectivity index (χ1v) is 8.86. The van der Waals surface area contributed by atoms with Crippen molar-refractivity contribution in [3.05, 3.63) is 51.6 Å². The standard InChI is InChI=1S/C19H17N3O4/c23-18-14-3-1-2-12-8-13(22(25)26)9-15(17(12)14)19(24)21(18)16-10-20-6-4-11(16)5-7-20/h1-3,8-9,11,16H,4-7,10H2/t16-/m0/s1. The lowest BCUT2D eigenvalue weighted by atomic mass is 9.81. The van der Waals surface area contributed by atoms with E-state index in [0.29, 0.717) is 28.8 Å². The van der Waals surface area contributed by atoms with Crippen LogP contribution in [0.15, 0.2) is 30.3 Å². The first-order chi connectivity index (χ1) is 12.5. The number of piperidine rings is 3. The van der Waals surface area contributed by atoms with Gasteiger partial charge in [-0.3, -0.25) is 24.6 Å². The van der Waals surface area contributed by atoms with Crippen molar-refractivity contribution in [2.75, 3.05) is 19.6 Å². The number of nitro benzene ring substituents is 1. The minimum Gasteiger partial charge on any atom is -0.301 e. The summed E-state index contributed by atoms with van der Waals surface area (Å²) < 4.78 is 0. The molecule has 2 aromatic carbocycles. The van der Waals surface area contributed by atoms with Crippen molar-refractivity contribution in [2.45, 2.75) is 18.9 Å². The van der Waals surface area contributed by atoms with Crippen LogP contribution in [-0.2, 0) is 0 Å². The average Bonchev–Trinajstić information content (AvgIpc) is 2.66. The van der Waals surface area contributed by atoms with Gasteiger partial charge in [-0.1, -0.05) is 12.1 Å². The molecule has 0 spiro atoms. The number of fused-ring (bicyclic) bond motifs is 3. The molecule has 0 N–H and O–H groups in total. The molecule has 4 aliphatic rings. The second kappa shape index (κ2) is 5.35. The molecule has 6 rings (SSSR count). The second-order valence-corrected chi connectivity index (χ2v) is 7.34. The first-order valence-electron chi connectivity index (χ1n) is 8.86. The van der Waals surface area contributed by atoms with Crippen LogP contribution >= 0.6 is 0 Å². The Labute approximate surface area is 149 Å². The van der Waals surface area contributed by atoms with Crippen LogP contribution in [0.2, 0.25) is 0 Å². The summed E-state index contributed by atoms with van der Waals surface area (Å²) in [6.07, 6.45) is 1.96. The predicted molar refractivity (Wildman–Crippen MR) is 94.1 cm³/mol. The van der Waals surface area contributed by atoms with E-state index < -0.39 is 10.8 Å². The Bertz CT molecular complexity index is 978. The maximum absolute atomic E-state index is 13.2. The van der Waals surface area contributed by atoms with Gasteiger partial charge in [0, 0.05) is 29.6 Å². The molecular weight excluding hydrogens is 334 g/mol. The minimum atomic E-state index is -0.495. The number of nitro groups is 1. The molecule has 0 aliphatic carbocycles. The highest BCUT2D eigenvalue weighted by Gasteiger charge is 2.45. The SMILES string of the molecule is O=C1c2cccc3cc([N+](=O)[O-])cc(c23)C(=O)N1[C@H]1CN2CCC1CC2. The fourth-order valence-electron chi connectivity index (χ4n) is 4.74. The fraction of sp³-hybridized carbons (Fsp3) is 0.368. The van der Waals surface area contributed by atoms with Gasteiger partial charge in [-0.25, -0.2) is 0 Å². The predicted octanol–water partition coefficient (Wildman–Crippen LogP) is 2.44. The average molecular weight is 351 g/mol. The van der Waals surface area contributed by atoms with Gasteiger partial charge in [0.25, 0.3) is 17.5 Å². The van der Waals surface area contributed by atoms with Gasteiger partial charge in [0.2, 0.25) is 0 Å². The van der Waals surface area contributed by atoms with Crippen LogP contribution in [0.5, 0.6) is 0 Å². The van der Waals surface area contributed by atoms with Crippen molar-refractivity contribution in [2.24, 2.45) is 5.92 Å². The molecule has 3 saturated heterocycles. The van der Waals surface area contributed by atoms with Crippen molar-refractivity contribution >= 4 is 28.3 Å². The zero-order valence-electron chi connectivity index (χ0n) is 14.1. The van der Waals surface area contributed by atoms with Gasteiger partial charge in [0.05, 0.1) is 16.5 Å². The lowest BCUT2D eigenvalue weighted by Crippen LogP contribution is -2.60. The van der Waals surface area contributed by atoms with Crippen molar-refractivity contribution in [3.8, 4) is 0 Å². The van der Waals surface area contributed by atoms with Crippen molar-refractivity contribution in [3.63, 3.8) is 0 Å². The van der Waals surface area contributed by atoms with E-state index in [9.17, 15) is 19.7 Å². The lowest BCUT2D eigenvalue weighted by Gasteiger charge is -2.48. The maximum Gasteiger partial charge on any atom is 0.270 e. The molecule has 0 aromatic heterocycles. The van der Waals surface area contributed by atoms with Crippen molar-refractivity contribution < 1.29 is 14.5 Å². The van der Waals surface area contributed by atoms with Gasteiger partial charge in [-0.2, -0.15) is 0 Å². The summed E-state index contributed by atoms with van der Waals surface area (Å²) >= 11 is 0.